The molecule has 0 saturated heterocycles. The van der Waals surface area contributed by atoms with Crippen molar-refractivity contribution in [2.24, 2.45) is 0 Å². The maximum atomic E-state index is 14.8. The number of methoxy groups -OCH3 is 1. The fourth-order valence-corrected chi connectivity index (χ4v) is 11.5. The van der Waals surface area contributed by atoms with E-state index in [2.05, 4.69) is 25.7 Å². The molecular weight excluding hydrogens is 701 g/mol. The van der Waals surface area contributed by atoms with E-state index in [4.69, 9.17) is 32.5 Å². The molecule has 0 aliphatic carbocycles. The fourth-order valence-electron chi connectivity index (χ4n) is 5.70. The van der Waals surface area contributed by atoms with E-state index in [1.54, 1.807) is 61.2 Å². The number of aliphatic hydroxyl groups excluding tert-OH is 1. The predicted molar refractivity (Wildman–Crippen MR) is 204 cm³/mol. The van der Waals surface area contributed by atoms with Gasteiger partial charge in [0.25, 0.3) is 8.32 Å². The number of esters is 2. The monoisotopic (exact) mass is 759 g/mol. The number of carbonyl (C=O) groups excluding carboxylic acids is 2. The number of rotatable bonds is 17. The number of hydrogen-bond donors (Lipinski definition) is 1. The van der Waals surface area contributed by atoms with Gasteiger partial charge in [-0.2, -0.15) is 0 Å². The molecule has 0 unspecified atom stereocenters. The lowest BCUT2D eigenvalue weighted by atomic mass is 9.92. The molecule has 288 valence electrons. The first-order valence-electron chi connectivity index (χ1n) is 17.4. The normalized spacial score (nSPS) is 15.1. The molecule has 2 rings (SSSR count). The van der Waals surface area contributed by atoms with Gasteiger partial charge in [0.15, 0.2) is 19.4 Å². The van der Waals surface area contributed by atoms with Gasteiger partial charge in [0.2, 0.25) is 5.39 Å². The summed E-state index contributed by atoms with van der Waals surface area (Å²) in [7, 11) is -4.86. The Labute approximate surface area is 311 Å². The van der Waals surface area contributed by atoms with Gasteiger partial charge in [-0.3, -0.25) is 4.79 Å². The van der Waals surface area contributed by atoms with Gasteiger partial charge >= 0.3 is 29.2 Å². The first kappa shape index (κ1) is 44.6. The second-order valence-electron chi connectivity index (χ2n) is 16.4. The average Bonchev–Trinajstić information content (AvgIpc) is 3.00. The van der Waals surface area contributed by atoms with E-state index in [0.29, 0.717) is 0 Å². The van der Waals surface area contributed by atoms with Gasteiger partial charge in [-0.1, -0.05) is 81.4 Å². The molecule has 14 heteroatoms. The van der Waals surface area contributed by atoms with Crippen LogP contribution in [0.3, 0.4) is 0 Å². The highest BCUT2D eigenvalue weighted by Crippen LogP contribution is 2.41. The van der Waals surface area contributed by atoms with E-state index >= 15 is 0 Å². The van der Waals surface area contributed by atoms with Crippen molar-refractivity contribution < 1.29 is 47.2 Å². The van der Waals surface area contributed by atoms with Gasteiger partial charge in [0, 0.05) is 7.11 Å². The molecule has 0 fully saturated rings. The number of diazo groups is 1. The Morgan fingerprint density at radius 3 is 1.73 bits per heavy atom. The SMILES string of the molecule is COCOCCC(=O)O[C@H](CO[Si](c1ccccc1)(c1ccccc1)C(C)(C)C)[C@](O[Si](C)(C)C)(C(=O)OC(C)(C)C)/C([N+]#N)=C(\O)OC(C)(C)C. The number of benzene rings is 2. The molecule has 52 heavy (non-hydrogen) atoms. The summed E-state index contributed by atoms with van der Waals surface area (Å²) in [5.74, 6) is -2.79. The Bertz CT molecular complexity index is 1500. The minimum atomic E-state index is -3.36. The highest BCUT2D eigenvalue weighted by Gasteiger charge is 2.67. The second kappa shape index (κ2) is 18.0. The lowest BCUT2D eigenvalue weighted by molar-refractivity contribution is -0.191. The molecule has 0 amide bonds. The Kier molecular flexibility index (Phi) is 15.4. The molecule has 0 bridgehead atoms. The Morgan fingerprint density at radius 1 is 0.827 bits per heavy atom. The van der Waals surface area contributed by atoms with Crippen molar-refractivity contribution >= 4 is 38.9 Å². The molecule has 0 aliphatic rings. The summed E-state index contributed by atoms with van der Waals surface area (Å²) in [6, 6.07) is 19.5. The van der Waals surface area contributed by atoms with E-state index < -0.39 is 74.8 Å². The van der Waals surface area contributed by atoms with Crippen LogP contribution >= 0.6 is 0 Å². The van der Waals surface area contributed by atoms with Crippen LogP contribution in [0.1, 0.15) is 68.7 Å². The number of nitrogens with zero attached hydrogens (tertiary/aromatic N) is 2. The van der Waals surface area contributed by atoms with E-state index in [0.717, 1.165) is 10.4 Å². The van der Waals surface area contributed by atoms with Crippen LogP contribution in [0.5, 0.6) is 0 Å². The molecule has 0 heterocycles. The third-order valence-electron chi connectivity index (χ3n) is 7.47. The van der Waals surface area contributed by atoms with Crippen molar-refractivity contribution in [3.05, 3.63) is 77.3 Å². The highest BCUT2D eigenvalue weighted by atomic mass is 28.4. The van der Waals surface area contributed by atoms with Crippen molar-refractivity contribution in [3.8, 4) is 0 Å². The zero-order valence-corrected chi connectivity index (χ0v) is 35.2. The number of hydrogen-bond acceptors (Lipinski definition) is 11. The van der Waals surface area contributed by atoms with Crippen LogP contribution in [0.4, 0.5) is 0 Å². The Balaban J connectivity index is 3.09. The molecule has 0 saturated carbocycles. The van der Waals surface area contributed by atoms with Gasteiger partial charge < -0.3 is 37.6 Å². The third-order valence-corrected chi connectivity index (χ3v) is 13.4. The summed E-state index contributed by atoms with van der Waals surface area (Å²) in [5.41, 5.74) is -5.45. The highest BCUT2D eigenvalue weighted by molar-refractivity contribution is 6.99. The number of aliphatic hydroxyl groups is 1. The van der Waals surface area contributed by atoms with Gasteiger partial charge in [0.1, 0.15) is 18.0 Å². The van der Waals surface area contributed by atoms with Crippen molar-refractivity contribution in [1.29, 1.82) is 5.39 Å². The van der Waals surface area contributed by atoms with Crippen molar-refractivity contribution in [3.63, 3.8) is 0 Å². The zero-order chi connectivity index (χ0) is 39.6. The quantitative estimate of drug-likeness (QED) is 0.0453. The van der Waals surface area contributed by atoms with Crippen LogP contribution in [0.15, 0.2) is 72.3 Å². The van der Waals surface area contributed by atoms with E-state index in [-0.39, 0.29) is 19.8 Å². The zero-order valence-electron chi connectivity index (χ0n) is 33.2. The first-order chi connectivity index (χ1) is 23.9. The maximum Gasteiger partial charge on any atom is 0.486 e. The van der Waals surface area contributed by atoms with Gasteiger partial charge in [-0.05, 0) is 76.6 Å². The average molecular weight is 760 g/mol. The summed E-state index contributed by atoms with van der Waals surface area (Å²) >= 11 is 0. The summed E-state index contributed by atoms with van der Waals surface area (Å²) in [4.78, 5) is 32.0. The topological polar surface area (TPSA) is 147 Å². The summed E-state index contributed by atoms with van der Waals surface area (Å²) in [5, 5.41) is 23.6. The van der Waals surface area contributed by atoms with Crippen LogP contribution < -0.4 is 10.4 Å². The lowest BCUT2D eigenvalue weighted by Gasteiger charge is -2.45. The molecule has 2 aromatic rings. The predicted octanol–water partition coefficient (Wildman–Crippen LogP) is 6.81. The largest absolute Gasteiger partial charge is 0.486 e. The molecule has 12 nitrogen and oxygen atoms in total. The molecule has 1 N–H and O–H groups in total. The number of carbonyl (C=O) groups is 2. The minimum Gasteiger partial charge on any atom is -0.475 e. The van der Waals surface area contributed by atoms with E-state index in [1.807, 2.05) is 60.7 Å². The second-order valence-corrected chi connectivity index (χ2v) is 25.2. The number of ether oxygens (including phenoxy) is 5. The van der Waals surface area contributed by atoms with Crippen molar-refractivity contribution in [2.75, 3.05) is 27.1 Å². The molecule has 0 spiro atoms. The van der Waals surface area contributed by atoms with Crippen molar-refractivity contribution in [1.82, 2.24) is 0 Å². The van der Waals surface area contributed by atoms with Gasteiger partial charge in [0.05, 0.1) is 19.6 Å². The third kappa shape index (κ3) is 12.0. The van der Waals surface area contributed by atoms with Crippen LogP contribution in [-0.2, 0) is 42.1 Å². The fraction of sp³-hybridized carbons (Fsp3) is 0.579. The maximum absolute atomic E-state index is 14.8. The molecule has 2 aromatic carbocycles. The smallest absolute Gasteiger partial charge is 0.475 e. The molecule has 0 aliphatic heterocycles. The first-order valence-corrected chi connectivity index (χ1v) is 22.7. The summed E-state index contributed by atoms with van der Waals surface area (Å²) in [6.45, 7) is 21.0. The Morgan fingerprint density at radius 2 is 1.33 bits per heavy atom. The molecule has 2 atom stereocenters. The van der Waals surface area contributed by atoms with Crippen LogP contribution in [0.2, 0.25) is 24.7 Å². The molecule has 0 radical (unpaired) electrons. The van der Waals surface area contributed by atoms with E-state index in [9.17, 15) is 20.1 Å². The summed E-state index contributed by atoms with van der Waals surface area (Å²) < 4.78 is 42.2. The van der Waals surface area contributed by atoms with E-state index in [1.165, 1.54) is 7.11 Å². The summed E-state index contributed by atoms with van der Waals surface area (Å²) in [6.07, 6.45) is -1.93. The molecular formula is C38H59N2O10Si2+. The van der Waals surface area contributed by atoms with Crippen molar-refractivity contribution in [2.45, 2.75) is 116 Å². The molecule has 0 aromatic heterocycles. The minimum absolute atomic E-state index is 0.0530. The van der Waals surface area contributed by atoms with Crippen LogP contribution in [0, 0.1) is 5.39 Å². The lowest BCUT2D eigenvalue weighted by Crippen LogP contribution is -2.69. The van der Waals surface area contributed by atoms with Gasteiger partial charge in [-0.15, -0.1) is 0 Å². The standard InChI is InChI=1S/C38H58N2O10Si2/c1-35(2,3)48-33(42)32(40-39)38(50-51(11,12)13,34(43)49-36(4,5)6)30(47-31(41)24-25-45-27-44-10)26-46-52(37(7,8)9,28-20-16-14-17-21-28)29-22-18-15-19-23-29/h14-23,30H,24-27H2,1-13H3/p+1/b33-32-/t30-,38-/m1/s1. The van der Waals surface area contributed by atoms with Crippen LogP contribution in [-0.4, -0.2) is 83.7 Å². The van der Waals surface area contributed by atoms with Gasteiger partial charge in [-0.25, -0.2) is 4.79 Å². The van der Waals surface area contributed by atoms with Crippen LogP contribution in [0.25, 0.3) is 4.98 Å². The Hall–Kier alpha value is -3.59.